The molecule has 3 rings (SSSR count). The minimum absolute atomic E-state index is 0.433. The number of benzene rings is 2. The highest BCUT2D eigenvalue weighted by Crippen LogP contribution is 2.22. The Balaban J connectivity index is 1.60. The van der Waals surface area contributed by atoms with Crippen molar-refractivity contribution in [1.29, 1.82) is 0 Å². The van der Waals surface area contributed by atoms with Gasteiger partial charge < -0.3 is 15.4 Å². The van der Waals surface area contributed by atoms with E-state index in [1.54, 1.807) is 19.4 Å². The van der Waals surface area contributed by atoms with Crippen molar-refractivity contribution in [2.45, 2.75) is 6.42 Å². The van der Waals surface area contributed by atoms with Crippen molar-refractivity contribution < 1.29 is 4.74 Å². The number of ether oxygens (including phenoxy) is 1. The van der Waals surface area contributed by atoms with Crippen LogP contribution in [0.4, 0.5) is 17.5 Å². The summed E-state index contributed by atoms with van der Waals surface area (Å²) in [4.78, 5) is 4.40. The van der Waals surface area contributed by atoms with Crippen LogP contribution < -0.4 is 15.4 Å². The van der Waals surface area contributed by atoms with E-state index in [2.05, 4.69) is 25.8 Å². The van der Waals surface area contributed by atoms with Crippen LogP contribution in [-0.4, -0.2) is 28.8 Å². The van der Waals surface area contributed by atoms with Gasteiger partial charge in [-0.05, 0) is 36.2 Å². The van der Waals surface area contributed by atoms with Crippen LogP contribution in [0.1, 0.15) is 5.56 Å². The molecule has 0 aliphatic heterocycles. The van der Waals surface area contributed by atoms with Gasteiger partial charge in [0.15, 0.2) is 5.82 Å². The number of halogens is 2. The summed E-state index contributed by atoms with van der Waals surface area (Å²) in [5, 5.41) is 15.5. The third kappa shape index (κ3) is 4.97. The van der Waals surface area contributed by atoms with Gasteiger partial charge in [-0.1, -0.05) is 35.3 Å². The molecule has 0 bridgehead atoms. The fourth-order valence-electron chi connectivity index (χ4n) is 2.32. The van der Waals surface area contributed by atoms with Crippen LogP contribution in [-0.2, 0) is 6.42 Å². The Morgan fingerprint density at radius 1 is 1.12 bits per heavy atom. The van der Waals surface area contributed by atoms with Crippen molar-refractivity contribution in [3.8, 4) is 5.75 Å². The lowest BCUT2D eigenvalue weighted by atomic mass is 10.1. The lowest BCUT2D eigenvalue weighted by Crippen LogP contribution is -2.10. The molecule has 0 amide bonds. The van der Waals surface area contributed by atoms with Gasteiger partial charge in [0, 0.05) is 28.3 Å². The molecule has 0 aliphatic rings. The van der Waals surface area contributed by atoms with Crippen molar-refractivity contribution in [2.75, 3.05) is 24.3 Å². The number of nitrogens with zero attached hydrogens (tertiary/aromatic N) is 3. The lowest BCUT2D eigenvalue weighted by molar-refractivity contribution is 0.415. The van der Waals surface area contributed by atoms with Crippen molar-refractivity contribution >= 4 is 40.7 Å². The summed E-state index contributed by atoms with van der Waals surface area (Å²) < 4.78 is 5.21. The summed E-state index contributed by atoms with van der Waals surface area (Å²) in [5.41, 5.74) is 1.85. The molecular formula is C18H17Cl2N5O. The largest absolute Gasteiger partial charge is 0.497 e. The number of anilines is 3. The molecular weight excluding hydrogens is 373 g/mol. The highest BCUT2D eigenvalue weighted by Gasteiger charge is 2.04. The summed E-state index contributed by atoms with van der Waals surface area (Å²) in [5.74, 6) is 1.78. The third-order valence-corrected chi connectivity index (χ3v) is 4.18. The van der Waals surface area contributed by atoms with Crippen molar-refractivity contribution in [3.05, 3.63) is 64.3 Å². The smallest absolute Gasteiger partial charge is 0.244 e. The van der Waals surface area contributed by atoms with Crippen molar-refractivity contribution in [1.82, 2.24) is 15.2 Å². The standard InChI is InChI=1S/C18H17Cl2N5O/c1-26-15-4-2-3-14(10-15)23-17-11-22-25-18(24-17)21-8-7-12-5-6-13(19)9-16(12)20/h2-6,9-11H,7-8H2,1H3,(H2,21,23,24,25). The van der Waals surface area contributed by atoms with E-state index in [1.807, 2.05) is 36.4 Å². The van der Waals surface area contributed by atoms with Crippen LogP contribution >= 0.6 is 23.2 Å². The maximum Gasteiger partial charge on any atom is 0.244 e. The van der Waals surface area contributed by atoms with Crippen LogP contribution in [0, 0.1) is 0 Å². The molecule has 0 saturated heterocycles. The van der Waals surface area contributed by atoms with Crippen LogP contribution in [0.3, 0.4) is 0 Å². The highest BCUT2D eigenvalue weighted by atomic mass is 35.5. The predicted molar refractivity (Wildman–Crippen MR) is 105 cm³/mol. The van der Waals surface area contributed by atoms with Crippen molar-refractivity contribution in [2.24, 2.45) is 0 Å². The summed E-state index contributed by atoms with van der Waals surface area (Å²) in [7, 11) is 1.63. The van der Waals surface area contributed by atoms with Crippen LogP contribution in [0.25, 0.3) is 0 Å². The van der Waals surface area contributed by atoms with E-state index in [0.29, 0.717) is 34.8 Å². The quantitative estimate of drug-likeness (QED) is 0.615. The molecule has 0 atom stereocenters. The minimum Gasteiger partial charge on any atom is -0.497 e. The molecule has 0 unspecified atom stereocenters. The summed E-state index contributed by atoms with van der Waals surface area (Å²) in [6.07, 6.45) is 2.27. The fourth-order valence-corrected chi connectivity index (χ4v) is 2.82. The molecule has 2 N–H and O–H groups in total. The minimum atomic E-state index is 0.433. The first-order valence-corrected chi connectivity index (χ1v) is 8.68. The van der Waals surface area contributed by atoms with E-state index in [0.717, 1.165) is 17.0 Å². The van der Waals surface area contributed by atoms with Crippen LogP contribution in [0.5, 0.6) is 5.75 Å². The normalized spacial score (nSPS) is 10.4. The van der Waals surface area contributed by atoms with Gasteiger partial charge in [-0.3, -0.25) is 0 Å². The fraction of sp³-hybridized carbons (Fsp3) is 0.167. The first-order chi connectivity index (χ1) is 12.6. The Bertz CT molecular complexity index is 891. The van der Waals surface area contributed by atoms with Crippen LogP contribution in [0.2, 0.25) is 10.0 Å². The number of aromatic nitrogens is 3. The van der Waals surface area contributed by atoms with Gasteiger partial charge in [-0.25, -0.2) is 0 Å². The van der Waals surface area contributed by atoms with Gasteiger partial charge in [-0.15, -0.1) is 5.10 Å². The number of methoxy groups -OCH3 is 1. The highest BCUT2D eigenvalue weighted by molar-refractivity contribution is 6.35. The number of hydrogen-bond acceptors (Lipinski definition) is 6. The van der Waals surface area contributed by atoms with Gasteiger partial charge in [0.25, 0.3) is 0 Å². The average Bonchev–Trinajstić information content (AvgIpc) is 2.64. The zero-order valence-corrected chi connectivity index (χ0v) is 15.6. The summed E-state index contributed by atoms with van der Waals surface area (Å²) in [6.45, 7) is 0.617. The molecule has 0 radical (unpaired) electrons. The van der Waals surface area contributed by atoms with E-state index < -0.39 is 0 Å². The Morgan fingerprint density at radius 2 is 2.00 bits per heavy atom. The SMILES string of the molecule is COc1cccc(Nc2cnnc(NCCc3ccc(Cl)cc3Cl)n2)c1. The van der Waals surface area contributed by atoms with E-state index >= 15 is 0 Å². The van der Waals surface area contributed by atoms with Crippen LogP contribution in [0.15, 0.2) is 48.7 Å². The Morgan fingerprint density at radius 3 is 2.81 bits per heavy atom. The first-order valence-electron chi connectivity index (χ1n) is 7.92. The van der Waals surface area contributed by atoms with E-state index in [4.69, 9.17) is 27.9 Å². The number of hydrogen-bond donors (Lipinski definition) is 2. The van der Waals surface area contributed by atoms with Gasteiger partial charge in [0.05, 0.1) is 13.3 Å². The summed E-state index contributed by atoms with van der Waals surface area (Å²) in [6, 6.07) is 13.0. The topological polar surface area (TPSA) is 72.0 Å². The Hall–Kier alpha value is -2.57. The van der Waals surface area contributed by atoms with Crippen molar-refractivity contribution in [3.63, 3.8) is 0 Å². The molecule has 0 saturated carbocycles. The van der Waals surface area contributed by atoms with Gasteiger partial charge >= 0.3 is 0 Å². The molecule has 134 valence electrons. The number of nitrogens with one attached hydrogen (secondary N) is 2. The molecule has 3 aromatic rings. The molecule has 2 aromatic carbocycles. The first kappa shape index (κ1) is 18.2. The second-order valence-electron chi connectivity index (χ2n) is 5.43. The Labute approximate surface area is 161 Å². The zero-order chi connectivity index (χ0) is 18.4. The van der Waals surface area contributed by atoms with Gasteiger partial charge in [0.1, 0.15) is 5.75 Å². The van der Waals surface area contributed by atoms with E-state index in [1.165, 1.54) is 0 Å². The maximum atomic E-state index is 6.18. The molecule has 6 nitrogen and oxygen atoms in total. The van der Waals surface area contributed by atoms with E-state index in [-0.39, 0.29) is 0 Å². The molecule has 0 spiro atoms. The van der Waals surface area contributed by atoms with Gasteiger partial charge in [0.2, 0.25) is 5.95 Å². The lowest BCUT2D eigenvalue weighted by Gasteiger charge is -2.09. The summed E-state index contributed by atoms with van der Waals surface area (Å²) >= 11 is 12.1. The predicted octanol–water partition coefficient (Wildman–Crippen LogP) is 4.59. The zero-order valence-electron chi connectivity index (χ0n) is 14.0. The molecule has 26 heavy (non-hydrogen) atoms. The Kier molecular flexibility index (Phi) is 6.09. The maximum absolute atomic E-state index is 6.18. The van der Waals surface area contributed by atoms with Gasteiger partial charge in [-0.2, -0.15) is 10.1 Å². The average molecular weight is 390 g/mol. The molecule has 1 aromatic heterocycles. The third-order valence-electron chi connectivity index (χ3n) is 3.59. The van der Waals surface area contributed by atoms with E-state index in [9.17, 15) is 0 Å². The second kappa shape index (κ2) is 8.69. The molecule has 1 heterocycles. The number of rotatable bonds is 7. The monoisotopic (exact) mass is 389 g/mol. The molecule has 8 heteroatoms. The second-order valence-corrected chi connectivity index (χ2v) is 6.28. The molecule has 0 fully saturated rings. The molecule has 0 aliphatic carbocycles.